The maximum atomic E-state index is 13.3. The molecule has 5 rings (SSSR count). The van der Waals surface area contributed by atoms with Gasteiger partial charge in [0.2, 0.25) is 0 Å². The summed E-state index contributed by atoms with van der Waals surface area (Å²) in [5.74, 6) is 1.69. The SMILES string of the molecule is CC(C)CCC(OC1CCCCC1)(C(=O)OCCC12CC3CC(CC(C3)C1)C2)S(=O)(=O)O. The minimum atomic E-state index is -4.79. The predicted octanol–water partition coefficient (Wildman–Crippen LogP) is 5.51. The Hall–Kier alpha value is -0.660. The van der Waals surface area contributed by atoms with Gasteiger partial charge in [-0.05, 0) is 93.3 Å². The molecule has 0 saturated heterocycles. The number of carbonyl (C=O) groups excluding carboxylic acids is 1. The van der Waals surface area contributed by atoms with Gasteiger partial charge in [0, 0.05) is 6.42 Å². The molecule has 0 heterocycles. The Morgan fingerprint density at radius 3 is 2.09 bits per heavy atom. The van der Waals surface area contributed by atoms with Crippen LogP contribution in [-0.4, -0.2) is 36.6 Å². The molecule has 0 aromatic carbocycles. The monoisotopic (exact) mass is 470 g/mol. The van der Waals surface area contributed by atoms with E-state index in [1.807, 2.05) is 13.8 Å². The van der Waals surface area contributed by atoms with Crippen molar-refractivity contribution in [2.75, 3.05) is 6.61 Å². The predicted molar refractivity (Wildman–Crippen MR) is 122 cm³/mol. The molecule has 0 aromatic heterocycles. The van der Waals surface area contributed by atoms with Crippen LogP contribution in [-0.2, 0) is 24.4 Å². The smallest absolute Gasteiger partial charge is 0.357 e. The van der Waals surface area contributed by atoms with Crippen LogP contribution in [0.2, 0.25) is 0 Å². The zero-order valence-electron chi connectivity index (χ0n) is 19.9. The maximum absolute atomic E-state index is 13.3. The molecule has 0 radical (unpaired) electrons. The lowest BCUT2D eigenvalue weighted by atomic mass is 9.49. The van der Waals surface area contributed by atoms with Crippen molar-refractivity contribution in [3.8, 4) is 0 Å². The van der Waals surface area contributed by atoms with Gasteiger partial charge in [-0.25, -0.2) is 4.79 Å². The van der Waals surface area contributed by atoms with Crippen LogP contribution in [0.15, 0.2) is 0 Å². The second-order valence-electron chi connectivity index (χ2n) is 11.8. The highest BCUT2D eigenvalue weighted by Crippen LogP contribution is 2.61. The van der Waals surface area contributed by atoms with Gasteiger partial charge >= 0.3 is 16.1 Å². The summed E-state index contributed by atoms with van der Waals surface area (Å²) < 4.78 is 47.0. The van der Waals surface area contributed by atoms with Crippen molar-refractivity contribution in [3.05, 3.63) is 0 Å². The molecule has 5 fully saturated rings. The first-order valence-electron chi connectivity index (χ1n) is 12.9. The quantitative estimate of drug-likeness (QED) is 0.335. The fourth-order valence-electron chi connectivity index (χ4n) is 7.50. The third-order valence-corrected chi connectivity index (χ3v) is 10.0. The van der Waals surface area contributed by atoms with E-state index in [1.54, 1.807) is 0 Å². The molecule has 0 aliphatic heterocycles. The Morgan fingerprint density at radius 2 is 1.59 bits per heavy atom. The fourth-order valence-corrected chi connectivity index (χ4v) is 8.40. The molecule has 32 heavy (non-hydrogen) atoms. The van der Waals surface area contributed by atoms with E-state index in [0.717, 1.165) is 43.4 Å². The Balaban J connectivity index is 1.45. The molecule has 5 aliphatic rings. The summed E-state index contributed by atoms with van der Waals surface area (Å²) in [5, 5.41) is 0. The number of esters is 1. The van der Waals surface area contributed by atoms with E-state index in [0.29, 0.717) is 19.3 Å². The highest BCUT2D eigenvalue weighted by molar-refractivity contribution is 7.87. The van der Waals surface area contributed by atoms with E-state index in [1.165, 1.54) is 38.5 Å². The summed E-state index contributed by atoms with van der Waals surface area (Å²) >= 11 is 0. The lowest BCUT2D eigenvalue weighted by Crippen LogP contribution is -2.52. The standard InChI is InChI=1S/C25H42O6S/c1-18(2)8-9-25(32(27,28)29,31-22-6-4-3-5-7-22)23(26)30-11-10-24-15-19-12-20(16-24)14-21(13-19)17-24/h18-22H,3-17H2,1-2H3,(H,27,28,29). The maximum Gasteiger partial charge on any atom is 0.357 e. The second-order valence-corrected chi connectivity index (χ2v) is 13.5. The highest BCUT2D eigenvalue weighted by Gasteiger charge is 2.55. The number of carbonyl (C=O) groups is 1. The van der Waals surface area contributed by atoms with Crippen molar-refractivity contribution in [1.29, 1.82) is 0 Å². The summed E-state index contributed by atoms with van der Waals surface area (Å²) in [6, 6.07) is 0. The Labute approximate surface area is 193 Å². The van der Waals surface area contributed by atoms with E-state index in [9.17, 15) is 17.8 Å². The van der Waals surface area contributed by atoms with Crippen LogP contribution in [0.3, 0.4) is 0 Å². The summed E-state index contributed by atoms with van der Waals surface area (Å²) in [7, 11) is -4.79. The first-order chi connectivity index (χ1) is 15.1. The van der Waals surface area contributed by atoms with E-state index in [2.05, 4.69) is 0 Å². The Morgan fingerprint density at radius 1 is 1.03 bits per heavy atom. The molecule has 1 unspecified atom stereocenters. The molecule has 1 N–H and O–H groups in total. The van der Waals surface area contributed by atoms with Crippen molar-refractivity contribution in [2.45, 2.75) is 115 Å². The molecule has 7 heteroatoms. The first-order valence-corrected chi connectivity index (χ1v) is 14.4. The fraction of sp³-hybridized carbons (Fsp3) is 0.960. The molecule has 4 bridgehead atoms. The van der Waals surface area contributed by atoms with E-state index in [4.69, 9.17) is 9.47 Å². The van der Waals surface area contributed by atoms with Crippen molar-refractivity contribution in [3.63, 3.8) is 0 Å². The van der Waals surface area contributed by atoms with Crippen LogP contribution in [0.4, 0.5) is 0 Å². The third kappa shape index (κ3) is 5.20. The van der Waals surface area contributed by atoms with Gasteiger partial charge in [-0.3, -0.25) is 4.55 Å². The number of rotatable bonds is 10. The minimum Gasteiger partial charge on any atom is -0.463 e. The Kier molecular flexibility index (Phi) is 7.29. The topological polar surface area (TPSA) is 89.9 Å². The van der Waals surface area contributed by atoms with Gasteiger partial charge in [0.15, 0.2) is 0 Å². The largest absolute Gasteiger partial charge is 0.463 e. The molecule has 6 nitrogen and oxygen atoms in total. The lowest BCUT2D eigenvalue weighted by Gasteiger charge is -2.57. The van der Waals surface area contributed by atoms with Crippen LogP contribution < -0.4 is 0 Å². The molecule has 0 spiro atoms. The summed E-state index contributed by atoms with van der Waals surface area (Å²) in [6.45, 7) is 4.14. The molecule has 184 valence electrons. The van der Waals surface area contributed by atoms with Gasteiger partial charge in [-0.15, -0.1) is 0 Å². The zero-order valence-corrected chi connectivity index (χ0v) is 20.7. The van der Waals surface area contributed by atoms with E-state index < -0.39 is 21.0 Å². The molecule has 1 atom stereocenters. The van der Waals surface area contributed by atoms with Gasteiger partial charge in [0.1, 0.15) is 0 Å². The molecule has 0 amide bonds. The van der Waals surface area contributed by atoms with Crippen LogP contribution in [0.25, 0.3) is 0 Å². The minimum absolute atomic E-state index is 0.0732. The Bertz CT molecular complexity index is 734. The normalized spacial score (nSPS) is 34.6. The number of ether oxygens (including phenoxy) is 2. The van der Waals surface area contributed by atoms with Crippen molar-refractivity contribution in [2.24, 2.45) is 29.1 Å². The first kappa shape index (κ1) is 24.5. The van der Waals surface area contributed by atoms with Gasteiger partial charge < -0.3 is 9.47 Å². The van der Waals surface area contributed by atoms with E-state index >= 15 is 0 Å². The van der Waals surface area contributed by atoms with Gasteiger partial charge in [-0.1, -0.05) is 33.1 Å². The number of hydrogen-bond acceptors (Lipinski definition) is 5. The second kappa shape index (κ2) is 9.53. The molecular weight excluding hydrogens is 428 g/mol. The summed E-state index contributed by atoms with van der Waals surface area (Å²) in [4.78, 5) is 11.0. The third-order valence-electron chi connectivity index (χ3n) is 8.72. The van der Waals surface area contributed by atoms with Crippen LogP contribution in [0.5, 0.6) is 0 Å². The average Bonchev–Trinajstić information content (AvgIpc) is 2.69. The van der Waals surface area contributed by atoms with Crippen LogP contribution in [0, 0.1) is 29.1 Å². The lowest BCUT2D eigenvalue weighted by molar-refractivity contribution is -0.172. The molecule has 5 aliphatic carbocycles. The molecule has 0 aromatic rings. The van der Waals surface area contributed by atoms with Gasteiger partial charge in [0.25, 0.3) is 4.93 Å². The average molecular weight is 471 g/mol. The van der Waals surface area contributed by atoms with Gasteiger partial charge in [-0.2, -0.15) is 8.42 Å². The van der Waals surface area contributed by atoms with Crippen LogP contribution in [0.1, 0.15) is 104 Å². The molecular formula is C25H42O6S. The van der Waals surface area contributed by atoms with Gasteiger partial charge in [0.05, 0.1) is 12.7 Å². The highest BCUT2D eigenvalue weighted by atomic mass is 32.2. The van der Waals surface area contributed by atoms with Crippen molar-refractivity contribution >= 4 is 16.1 Å². The van der Waals surface area contributed by atoms with Crippen molar-refractivity contribution < 1.29 is 27.2 Å². The zero-order chi connectivity index (χ0) is 23.0. The van der Waals surface area contributed by atoms with Crippen molar-refractivity contribution in [1.82, 2.24) is 0 Å². The summed E-state index contributed by atoms with van der Waals surface area (Å²) in [6.07, 6.45) is 12.9. The summed E-state index contributed by atoms with van der Waals surface area (Å²) in [5.41, 5.74) is 0.248. The molecule has 5 saturated carbocycles. The van der Waals surface area contributed by atoms with E-state index in [-0.39, 0.29) is 30.5 Å². The van der Waals surface area contributed by atoms with Crippen LogP contribution >= 0.6 is 0 Å². The number of hydrogen-bond donors (Lipinski definition) is 1.